The van der Waals surface area contributed by atoms with Crippen molar-refractivity contribution in [2.45, 2.75) is 38.0 Å². The third-order valence-corrected chi connectivity index (χ3v) is 5.43. The summed E-state index contributed by atoms with van der Waals surface area (Å²) in [7, 11) is -3.66. The maximum Gasteiger partial charge on any atom is 0.240 e. The fourth-order valence-electron chi connectivity index (χ4n) is 2.44. The predicted octanol–water partition coefficient (Wildman–Crippen LogP) is 3.52. The van der Waals surface area contributed by atoms with Crippen molar-refractivity contribution < 1.29 is 17.9 Å². The lowest BCUT2D eigenvalue weighted by molar-refractivity contribution is -0.116. The largest absolute Gasteiger partial charge is 0.494 e. The molecule has 0 fully saturated rings. The van der Waals surface area contributed by atoms with E-state index in [0.29, 0.717) is 24.0 Å². The average Bonchev–Trinajstić information content (AvgIpc) is 2.63. The molecule has 0 heterocycles. The van der Waals surface area contributed by atoms with Crippen LogP contribution in [0.5, 0.6) is 5.75 Å². The molecule has 0 spiro atoms. The first kappa shape index (κ1) is 20.9. The molecule has 0 radical (unpaired) electrons. The van der Waals surface area contributed by atoms with Gasteiger partial charge < -0.3 is 10.1 Å². The van der Waals surface area contributed by atoms with Crippen molar-refractivity contribution in [3.8, 4) is 5.75 Å². The Labute approximate surface area is 161 Å². The molecule has 6 nitrogen and oxygen atoms in total. The Morgan fingerprint density at radius 1 is 1.04 bits per heavy atom. The normalized spacial score (nSPS) is 11.4. The molecule has 0 saturated heterocycles. The molecule has 7 heteroatoms. The number of hydrogen-bond acceptors (Lipinski definition) is 4. The van der Waals surface area contributed by atoms with Gasteiger partial charge in [0.05, 0.1) is 11.5 Å². The van der Waals surface area contributed by atoms with Crippen LogP contribution in [-0.4, -0.2) is 27.5 Å². The van der Waals surface area contributed by atoms with Crippen LogP contribution in [0.1, 0.15) is 38.7 Å². The topological polar surface area (TPSA) is 84.5 Å². The quantitative estimate of drug-likeness (QED) is 0.686. The van der Waals surface area contributed by atoms with E-state index < -0.39 is 10.0 Å². The lowest BCUT2D eigenvalue weighted by Crippen LogP contribution is -2.27. The molecule has 2 rings (SSSR count). The molecule has 0 unspecified atom stereocenters. The molecule has 0 aromatic heterocycles. The average molecular weight is 391 g/mol. The molecule has 2 aromatic carbocycles. The van der Waals surface area contributed by atoms with Crippen LogP contribution in [0.2, 0.25) is 0 Å². The zero-order chi connectivity index (χ0) is 19.9. The number of ether oxygens (including phenoxy) is 1. The molecule has 0 saturated carbocycles. The maximum absolute atomic E-state index is 12.3. The van der Waals surface area contributed by atoms with Gasteiger partial charge in [-0.2, -0.15) is 0 Å². The third kappa shape index (κ3) is 6.37. The summed E-state index contributed by atoms with van der Waals surface area (Å²) in [6.45, 7) is 6.59. The zero-order valence-electron chi connectivity index (χ0n) is 15.9. The molecule has 2 N–H and O–H groups in total. The molecule has 27 heavy (non-hydrogen) atoms. The van der Waals surface area contributed by atoms with E-state index in [4.69, 9.17) is 4.74 Å². The van der Waals surface area contributed by atoms with Crippen LogP contribution >= 0.6 is 0 Å². The highest BCUT2D eigenvalue weighted by atomic mass is 32.2. The number of anilines is 1. The summed E-state index contributed by atoms with van der Waals surface area (Å²) in [5, 5.41) is 2.77. The predicted molar refractivity (Wildman–Crippen MR) is 107 cm³/mol. The number of amides is 1. The Hall–Kier alpha value is -2.38. The fraction of sp³-hybridized carbons (Fsp3) is 0.350. The molecule has 0 atom stereocenters. The summed E-state index contributed by atoms with van der Waals surface area (Å²) in [6, 6.07) is 13.8. The number of nitrogens with one attached hydrogen (secondary N) is 2. The van der Waals surface area contributed by atoms with Crippen LogP contribution in [0.25, 0.3) is 0 Å². The first-order valence-corrected chi connectivity index (χ1v) is 10.4. The summed E-state index contributed by atoms with van der Waals surface area (Å²) in [4.78, 5) is 12.1. The van der Waals surface area contributed by atoms with Gasteiger partial charge in [0.1, 0.15) is 5.75 Å². The van der Waals surface area contributed by atoms with Crippen LogP contribution in [0, 0.1) is 0 Å². The molecule has 0 bridgehead atoms. The highest BCUT2D eigenvalue weighted by Gasteiger charge is 2.14. The maximum atomic E-state index is 12.3. The van der Waals surface area contributed by atoms with Crippen molar-refractivity contribution in [1.29, 1.82) is 0 Å². The van der Waals surface area contributed by atoms with Gasteiger partial charge in [-0.3, -0.25) is 4.79 Å². The van der Waals surface area contributed by atoms with Crippen molar-refractivity contribution in [2.24, 2.45) is 0 Å². The van der Waals surface area contributed by atoms with Crippen molar-refractivity contribution in [2.75, 3.05) is 18.5 Å². The number of carbonyl (C=O) groups is 1. The molecule has 0 aliphatic carbocycles. The molecular formula is C20H26N2O4S. The van der Waals surface area contributed by atoms with E-state index in [0.717, 1.165) is 0 Å². The minimum Gasteiger partial charge on any atom is -0.494 e. The van der Waals surface area contributed by atoms with E-state index in [9.17, 15) is 13.2 Å². The smallest absolute Gasteiger partial charge is 0.240 e. The summed E-state index contributed by atoms with van der Waals surface area (Å²) in [6.07, 6.45) is 0.0438. The summed E-state index contributed by atoms with van der Waals surface area (Å²) in [5.41, 5.74) is 1.88. The summed E-state index contributed by atoms with van der Waals surface area (Å²) >= 11 is 0. The standard InChI is InChI=1S/C20H26N2O4S/c1-4-26-18-9-11-19(12-10-18)27(24,25)21-14-13-20(23)22-17-7-5-16(6-8-17)15(2)3/h5-12,15,21H,4,13-14H2,1-3H3,(H,22,23). The lowest BCUT2D eigenvalue weighted by atomic mass is 10.0. The second-order valence-corrected chi connectivity index (χ2v) is 8.14. The Morgan fingerprint density at radius 2 is 1.67 bits per heavy atom. The first-order valence-electron chi connectivity index (χ1n) is 8.94. The first-order chi connectivity index (χ1) is 12.8. The van der Waals surface area contributed by atoms with Crippen molar-refractivity contribution in [3.63, 3.8) is 0 Å². The van der Waals surface area contributed by atoms with Gasteiger partial charge in [-0.15, -0.1) is 0 Å². The molecule has 0 aliphatic heterocycles. The van der Waals surface area contributed by atoms with Gasteiger partial charge in [-0.1, -0.05) is 26.0 Å². The Morgan fingerprint density at radius 3 is 2.22 bits per heavy atom. The molecule has 1 amide bonds. The van der Waals surface area contributed by atoms with Gasteiger partial charge in [0.25, 0.3) is 0 Å². The van der Waals surface area contributed by atoms with Crippen molar-refractivity contribution in [1.82, 2.24) is 4.72 Å². The second-order valence-electron chi connectivity index (χ2n) is 6.38. The summed E-state index contributed by atoms with van der Waals surface area (Å²) < 4.78 is 32.3. The highest BCUT2D eigenvalue weighted by Crippen LogP contribution is 2.18. The van der Waals surface area contributed by atoms with E-state index in [1.54, 1.807) is 12.1 Å². The number of hydrogen-bond donors (Lipinski definition) is 2. The number of sulfonamides is 1. The zero-order valence-corrected chi connectivity index (χ0v) is 16.7. The van der Waals surface area contributed by atoms with E-state index in [-0.39, 0.29) is 23.8 Å². The monoisotopic (exact) mass is 390 g/mol. The van der Waals surface area contributed by atoms with Gasteiger partial charge in [0, 0.05) is 18.7 Å². The van der Waals surface area contributed by atoms with Crippen molar-refractivity contribution >= 4 is 21.6 Å². The van der Waals surface area contributed by atoms with Crippen molar-refractivity contribution in [3.05, 3.63) is 54.1 Å². The second kappa shape index (κ2) is 9.53. The Bertz CT molecular complexity index is 845. The van der Waals surface area contributed by atoms with E-state index in [2.05, 4.69) is 23.9 Å². The van der Waals surface area contributed by atoms with Crippen LogP contribution in [-0.2, 0) is 14.8 Å². The van der Waals surface area contributed by atoms with Gasteiger partial charge >= 0.3 is 0 Å². The van der Waals surface area contributed by atoms with Crippen LogP contribution < -0.4 is 14.8 Å². The highest BCUT2D eigenvalue weighted by molar-refractivity contribution is 7.89. The molecule has 2 aromatic rings. The minimum absolute atomic E-state index is 0.0193. The third-order valence-electron chi connectivity index (χ3n) is 3.95. The minimum atomic E-state index is -3.66. The fourth-order valence-corrected chi connectivity index (χ4v) is 3.47. The summed E-state index contributed by atoms with van der Waals surface area (Å²) in [5.74, 6) is 0.785. The lowest BCUT2D eigenvalue weighted by Gasteiger charge is -2.10. The van der Waals surface area contributed by atoms with Gasteiger partial charge in [0.15, 0.2) is 0 Å². The van der Waals surface area contributed by atoms with E-state index in [1.165, 1.54) is 17.7 Å². The van der Waals surface area contributed by atoms with Gasteiger partial charge in [-0.25, -0.2) is 13.1 Å². The van der Waals surface area contributed by atoms with Gasteiger partial charge in [-0.05, 0) is 54.8 Å². The van der Waals surface area contributed by atoms with Crippen LogP contribution in [0.15, 0.2) is 53.4 Å². The molecule has 146 valence electrons. The van der Waals surface area contributed by atoms with Crippen LogP contribution in [0.3, 0.4) is 0 Å². The SMILES string of the molecule is CCOc1ccc(S(=O)(=O)NCCC(=O)Nc2ccc(C(C)C)cc2)cc1. The molecular weight excluding hydrogens is 364 g/mol. The van der Waals surface area contributed by atoms with E-state index >= 15 is 0 Å². The Kier molecular flexibility index (Phi) is 7.38. The Balaban J connectivity index is 1.84. The molecule has 0 aliphatic rings. The number of carbonyl (C=O) groups excluding carboxylic acids is 1. The van der Waals surface area contributed by atoms with Crippen LogP contribution in [0.4, 0.5) is 5.69 Å². The number of benzene rings is 2. The van der Waals surface area contributed by atoms with Gasteiger partial charge in [0.2, 0.25) is 15.9 Å². The number of rotatable bonds is 9. The van der Waals surface area contributed by atoms with E-state index in [1.807, 2.05) is 31.2 Å².